The van der Waals surface area contributed by atoms with Crippen molar-refractivity contribution in [3.05, 3.63) is 24.3 Å². The van der Waals surface area contributed by atoms with Crippen LogP contribution in [-0.2, 0) is 14.3 Å². The molecule has 1 aliphatic carbocycles. The molecule has 1 saturated carbocycles. The normalized spacial score (nSPS) is 28.5. The van der Waals surface area contributed by atoms with Crippen LogP contribution in [0.4, 0.5) is 10.5 Å². The van der Waals surface area contributed by atoms with E-state index in [0.29, 0.717) is 36.7 Å². The lowest BCUT2D eigenvalue weighted by Gasteiger charge is -2.44. The first-order chi connectivity index (χ1) is 15.5. The van der Waals surface area contributed by atoms with Gasteiger partial charge in [0.2, 0.25) is 5.91 Å². The van der Waals surface area contributed by atoms with Gasteiger partial charge in [-0.2, -0.15) is 0 Å². The van der Waals surface area contributed by atoms with Crippen molar-refractivity contribution < 1.29 is 28.9 Å². The Morgan fingerprint density at radius 2 is 2.06 bits per heavy atom. The number of aliphatic hydroxyl groups excluding tert-OH is 1. The summed E-state index contributed by atoms with van der Waals surface area (Å²) in [6, 6.07) is 6.89. The highest BCUT2D eigenvalue weighted by molar-refractivity contribution is 5.89. The number of methoxy groups -OCH3 is 1. The van der Waals surface area contributed by atoms with Crippen molar-refractivity contribution in [2.24, 2.45) is 0 Å². The zero-order chi connectivity index (χ0) is 22.5. The van der Waals surface area contributed by atoms with Crippen LogP contribution >= 0.6 is 0 Å². The van der Waals surface area contributed by atoms with Crippen LogP contribution in [0.25, 0.3) is 0 Å². The minimum absolute atomic E-state index is 0.0213. The number of rotatable bonds is 5. The van der Waals surface area contributed by atoms with Gasteiger partial charge in [0.05, 0.1) is 51.5 Å². The maximum absolute atomic E-state index is 13.2. The molecule has 2 heterocycles. The van der Waals surface area contributed by atoms with Gasteiger partial charge in [0.25, 0.3) is 0 Å². The van der Waals surface area contributed by atoms with E-state index < -0.39 is 6.10 Å². The monoisotopic (exact) mass is 447 g/mol. The van der Waals surface area contributed by atoms with Gasteiger partial charge in [-0.05, 0) is 44.2 Å². The van der Waals surface area contributed by atoms with Gasteiger partial charge in [-0.25, -0.2) is 4.79 Å². The molecule has 9 nitrogen and oxygen atoms in total. The predicted octanol–water partition coefficient (Wildman–Crippen LogP) is 1.90. The van der Waals surface area contributed by atoms with Gasteiger partial charge in [0, 0.05) is 17.8 Å². The van der Waals surface area contributed by atoms with Gasteiger partial charge in [0.1, 0.15) is 11.9 Å². The van der Waals surface area contributed by atoms with E-state index in [9.17, 15) is 14.7 Å². The Hall–Kier alpha value is -2.36. The molecule has 0 aromatic heterocycles. The summed E-state index contributed by atoms with van der Waals surface area (Å²) in [5.41, 5.74) is 0.612. The zero-order valence-electron chi connectivity index (χ0n) is 18.5. The molecule has 3 amide bonds. The largest absolute Gasteiger partial charge is 0.497 e. The first-order valence-electron chi connectivity index (χ1n) is 11.4. The summed E-state index contributed by atoms with van der Waals surface area (Å²) in [7, 11) is 1.57. The average molecular weight is 448 g/mol. The fourth-order valence-corrected chi connectivity index (χ4v) is 4.52. The predicted molar refractivity (Wildman–Crippen MR) is 118 cm³/mol. The van der Waals surface area contributed by atoms with Crippen LogP contribution < -0.4 is 15.4 Å². The van der Waals surface area contributed by atoms with E-state index >= 15 is 0 Å². The van der Waals surface area contributed by atoms with Crippen LogP contribution in [0, 0.1) is 0 Å². The summed E-state index contributed by atoms with van der Waals surface area (Å²) in [6.07, 6.45) is 3.60. The molecule has 3 fully saturated rings. The zero-order valence-corrected chi connectivity index (χ0v) is 18.5. The Balaban J connectivity index is 1.40. The number of benzene rings is 1. The second-order valence-corrected chi connectivity index (χ2v) is 8.85. The molecule has 1 aromatic carbocycles. The lowest BCUT2D eigenvalue weighted by molar-refractivity contribution is -0.150. The number of aliphatic hydroxyl groups is 1. The standard InChI is InChI=1S/C23H33N3O6/c1-30-18-7-3-6-16(10-18)25-23(29)26-12-17(27)13-31-14-21-20(26)9-8-19(32-21)11-22(28)24-15-4-2-5-15/h3,6-7,10,15,17,19-21,27H,2,4-5,8-9,11-14H2,1H3,(H,24,28)(H,25,29)/t17-,19-,20+,21-/m1/s1. The van der Waals surface area contributed by atoms with Gasteiger partial charge < -0.3 is 34.9 Å². The minimum atomic E-state index is -0.780. The number of anilines is 1. The highest BCUT2D eigenvalue weighted by Crippen LogP contribution is 2.29. The summed E-state index contributed by atoms with van der Waals surface area (Å²) < 4.78 is 17.1. The lowest BCUT2D eigenvalue weighted by atomic mass is 9.92. The number of hydrogen-bond acceptors (Lipinski definition) is 6. The molecule has 32 heavy (non-hydrogen) atoms. The second kappa shape index (κ2) is 10.5. The number of ether oxygens (including phenoxy) is 3. The van der Waals surface area contributed by atoms with Gasteiger partial charge in [-0.15, -0.1) is 0 Å². The fourth-order valence-electron chi connectivity index (χ4n) is 4.52. The van der Waals surface area contributed by atoms with Crippen molar-refractivity contribution in [3.8, 4) is 5.75 Å². The molecular weight excluding hydrogens is 414 g/mol. The summed E-state index contributed by atoms with van der Waals surface area (Å²) in [5, 5.41) is 16.3. The summed E-state index contributed by atoms with van der Waals surface area (Å²) in [4.78, 5) is 27.1. The van der Waals surface area contributed by atoms with Crippen LogP contribution in [0.1, 0.15) is 38.5 Å². The van der Waals surface area contributed by atoms with Crippen LogP contribution in [0.2, 0.25) is 0 Å². The number of carbonyl (C=O) groups is 2. The fraction of sp³-hybridized carbons (Fsp3) is 0.652. The minimum Gasteiger partial charge on any atom is -0.497 e. The summed E-state index contributed by atoms with van der Waals surface area (Å²) in [6.45, 7) is 0.543. The number of urea groups is 1. The van der Waals surface area contributed by atoms with Crippen LogP contribution in [0.15, 0.2) is 24.3 Å². The van der Waals surface area contributed by atoms with E-state index in [2.05, 4.69) is 10.6 Å². The Bertz CT molecular complexity index is 802. The molecular formula is C23H33N3O6. The van der Waals surface area contributed by atoms with Crippen molar-refractivity contribution in [3.63, 3.8) is 0 Å². The number of nitrogens with one attached hydrogen (secondary N) is 2. The summed E-state index contributed by atoms with van der Waals surface area (Å²) in [5.74, 6) is 0.666. The van der Waals surface area contributed by atoms with Crippen LogP contribution in [-0.4, -0.2) is 79.2 Å². The Kier molecular flexibility index (Phi) is 7.49. The molecule has 3 aliphatic rings. The highest BCUT2D eigenvalue weighted by atomic mass is 16.5. The highest BCUT2D eigenvalue weighted by Gasteiger charge is 2.40. The lowest BCUT2D eigenvalue weighted by Crippen LogP contribution is -2.58. The molecule has 9 heteroatoms. The Morgan fingerprint density at radius 3 is 2.81 bits per heavy atom. The molecule has 0 unspecified atom stereocenters. The van der Waals surface area contributed by atoms with Crippen molar-refractivity contribution in [1.82, 2.24) is 10.2 Å². The number of fused-ring (bicyclic) bond motifs is 1. The van der Waals surface area contributed by atoms with Gasteiger partial charge in [-0.3, -0.25) is 4.79 Å². The SMILES string of the molecule is COc1cccc(NC(=O)N2C[C@@H](O)COC[C@H]3O[C@@H](CC(=O)NC4CCC4)CC[C@@H]32)c1. The van der Waals surface area contributed by atoms with Crippen molar-refractivity contribution in [2.45, 2.75) is 68.9 Å². The summed E-state index contributed by atoms with van der Waals surface area (Å²) >= 11 is 0. The molecule has 0 spiro atoms. The number of hydrogen-bond donors (Lipinski definition) is 3. The molecule has 2 saturated heterocycles. The average Bonchev–Trinajstić information content (AvgIpc) is 2.74. The first-order valence-corrected chi connectivity index (χ1v) is 11.4. The molecule has 4 atom stereocenters. The van der Waals surface area contributed by atoms with E-state index in [1.54, 1.807) is 36.3 Å². The first kappa shape index (κ1) is 22.8. The third-order valence-electron chi connectivity index (χ3n) is 6.45. The quantitative estimate of drug-likeness (QED) is 0.636. The number of nitrogens with zero attached hydrogens (tertiary/aromatic N) is 1. The number of β-amino-alcohol motifs (C(OH)–C–C–N with tert-alkyl or cyclic N) is 1. The third kappa shape index (κ3) is 5.70. The Labute approximate surface area is 188 Å². The maximum atomic E-state index is 13.2. The molecule has 3 N–H and O–H groups in total. The van der Waals surface area contributed by atoms with Gasteiger partial charge in [-0.1, -0.05) is 6.07 Å². The van der Waals surface area contributed by atoms with Gasteiger partial charge in [0.15, 0.2) is 0 Å². The number of amides is 3. The van der Waals surface area contributed by atoms with Crippen molar-refractivity contribution in [2.75, 3.05) is 32.2 Å². The van der Waals surface area contributed by atoms with E-state index in [1.807, 2.05) is 0 Å². The van der Waals surface area contributed by atoms with Crippen molar-refractivity contribution >= 4 is 17.6 Å². The smallest absolute Gasteiger partial charge is 0.322 e. The van der Waals surface area contributed by atoms with E-state index in [0.717, 1.165) is 12.8 Å². The third-order valence-corrected chi connectivity index (χ3v) is 6.45. The molecule has 0 radical (unpaired) electrons. The molecule has 2 aliphatic heterocycles. The molecule has 0 bridgehead atoms. The number of carbonyl (C=O) groups excluding carboxylic acids is 2. The van der Waals surface area contributed by atoms with E-state index in [1.165, 1.54) is 6.42 Å². The van der Waals surface area contributed by atoms with Crippen LogP contribution in [0.5, 0.6) is 5.75 Å². The molecule has 1 aromatic rings. The Morgan fingerprint density at radius 1 is 1.22 bits per heavy atom. The van der Waals surface area contributed by atoms with E-state index in [4.69, 9.17) is 14.2 Å². The van der Waals surface area contributed by atoms with E-state index in [-0.39, 0.29) is 49.9 Å². The van der Waals surface area contributed by atoms with Crippen LogP contribution in [0.3, 0.4) is 0 Å². The molecule has 4 rings (SSSR count). The topological polar surface area (TPSA) is 109 Å². The maximum Gasteiger partial charge on any atom is 0.322 e. The van der Waals surface area contributed by atoms with Crippen molar-refractivity contribution in [1.29, 1.82) is 0 Å². The molecule has 176 valence electrons. The van der Waals surface area contributed by atoms with Gasteiger partial charge >= 0.3 is 6.03 Å². The second-order valence-electron chi connectivity index (χ2n) is 8.85.